The number of fused-ring (bicyclic) bond motifs is 2. The summed E-state index contributed by atoms with van der Waals surface area (Å²) in [6, 6.07) is 6.22. The van der Waals surface area contributed by atoms with Crippen molar-refractivity contribution in [2.45, 2.75) is 19.8 Å². The van der Waals surface area contributed by atoms with Crippen molar-refractivity contribution in [1.29, 1.82) is 0 Å². The first kappa shape index (κ1) is 11.2. The van der Waals surface area contributed by atoms with E-state index in [9.17, 15) is 0 Å². The van der Waals surface area contributed by atoms with E-state index in [2.05, 4.69) is 29.6 Å². The van der Waals surface area contributed by atoms with Crippen LogP contribution in [0, 0.1) is 24.7 Å². The largest absolute Gasteiger partial charge is 0.385 e. The van der Waals surface area contributed by atoms with Gasteiger partial charge in [-0.3, -0.25) is 0 Å². The van der Waals surface area contributed by atoms with Crippen LogP contribution in [0.2, 0.25) is 5.02 Å². The highest BCUT2D eigenvalue weighted by molar-refractivity contribution is 6.31. The van der Waals surface area contributed by atoms with Gasteiger partial charge in [0.2, 0.25) is 0 Å². The molecule has 0 amide bonds. The fourth-order valence-electron chi connectivity index (χ4n) is 3.08. The third kappa shape index (κ3) is 2.21. The quantitative estimate of drug-likeness (QED) is 0.787. The van der Waals surface area contributed by atoms with Crippen LogP contribution in [0.4, 0.5) is 5.69 Å². The molecule has 2 heteroatoms. The number of nitrogens with one attached hydrogen (secondary N) is 1. The Labute approximate surface area is 108 Å². The Morgan fingerprint density at radius 2 is 2.18 bits per heavy atom. The third-order valence-corrected chi connectivity index (χ3v) is 4.56. The molecule has 0 radical (unpaired) electrons. The number of hydrogen-bond donors (Lipinski definition) is 1. The Hall–Kier alpha value is -0.950. The number of halogens is 1. The van der Waals surface area contributed by atoms with Gasteiger partial charge in [-0.15, -0.1) is 0 Å². The van der Waals surface area contributed by atoms with Gasteiger partial charge in [0.25, 0.3) is 0 Å². The van der Waals surface area contributed by atoms with Gasteiger partial charge in [0.15, 0.2) is 0 Å². The fraction of sp³-hybridized carbons (Fsp3) is 0.467. The Morgan fingerprint density at radius 3 is 2.82 bits per heavy atom. The van der Waals surface area contributed by atoms with Crippen molar-refractivity contribution in [3.63, 3.8) is 0 Å². The van der Waals surface area contributed by atoms with Gasteiger partial charge >= 0.3 is 0 Å². The summed E-state index contributed by atoms with van der Waals surface area (Å²) in [5.74, 6) is 2.48. The molecule has 0 aliphatic heterocycles. The van der Waals surface area contributed by atoms with Crippen molar-refractivity contribution in [3.8, 4) is 0 Å². The molecule has 2 aliphatic rings. The van der Waals surface area contributed by atoms with Gasteiger partial charge in [0, 0.05) is 17.3 Å². The lowest BCUT2D eigenvalue weighted by Crippen LogP contribution is -2.18. The molecule has 2 aliphatic carbocycles. The molecular weight excluding hydrogens is 230 g/mol. The molecule has 90 valence electrons. The highest BCUT2D eigenvalue weighted by Gasteiger charge is 2.35. The van der Waals surface area contributed by atoms with Gasteiger partial charge in [-0.1, -0.05) is 29.8 Å². The maximum atomic E-state index is 6.12. The molecule has 1 aromatic rings. The topological polar surface area (TPSA) is 12.0 Å². The van der Waals surface area contributed by atoms with Gasteiger partial charge in [-0.25, -0.2) is 0 Å². The molecule has 0 aromatic heterocycles. The highest BCUT2D eigenvalue weighted by Crippen LogP contribution is 2.43. The van der Waals surface area contributed by atoms with Crippen molar-refractivity contribution >= 4 is 17.3 Å². The maximum Gasteiger partial charge on any atom is 0.0455 e. The molecule has 2 bridgehead atoms. The Balaban J connectivity index is 1.61. The van der Waals surface area contributed by atoms with E-state index in [1.807, 2.05) is 13.0 Å². The van der Waals surface area contributed by atoms with E-state index in [1.54, 1.807) is 0 Å². The van der Waals surface area contributed by atoms with Crippen LogP contribution in [0.25, 0.3) is 0 Å². The molecule has 0 heterocycles. The summed E-state index contributed by atoms with van der Waals surface area (Å²) in [4.78, 5) is 0. The predicted molar refractivity (Wildman–Crippen MR) is 73.5 cm³/mol. The van der Waals surface area contributed by atoms with Crippen LogP contribution < -0.4 is 5.32 Å². The number of aryl methyl sites for hydroxylation is 1. The monoisotopic (exact) mass is 247 g/mol. The van der Waals surface area contributed by atoms with Crippen LogP contribution in [0.3, 0.4) is 0 Å². The Bertz CT molecular complexity index is 452. The van der Waals surface area contributed by atoms with Crippen LogP contribution >= 0.6 is 11.6 Å². The smallest absolute Gasteiger partial charge is 0.0455 e. The minimum Gasteiger partial charge on any atom is -0.385 e. The summed E-state index contributed by atoms with van der Waals surface area (Å²) < 4.78 is 0. The molecule has 1 saturated carbocycles. The molecular formula is C15H18ClN. The molecule has 1 N–H and O–H groups in total. The standard InChI is InChI=1S/C15H18ClN/c1-10-2-5-14(8-15(10)16)17-9-13-7-11-3-4-12(13)6-11/h2-5,8,11-13,17H,6-7,9H2,1H3. The second-order valence-corrected chi connectivity index (χ2v) is 5.79. The van der Waals surface area contributed by atoms with Crippen LogP contribution in [0.1, 0.15) is 18.4 Å². The zero-order chi connectivity index (χ0) is 11.8. The zero-order valence-corrected chi connectivity index (χ0v) is 10.9. The van der Waals surface area contributed by atoms with Gasteiger partial charge in [-0.2, -0.15) is 0 Å². The average molecular weight is 248 g/mol. The third-order valence-electron chi connectivity index (χ3n) is 4.16. The number of benzene rings is 1. The van der Waals surface area contributed by atoms with E-state index in [4.69, 9.17) is 11.6 Å². The van der Waals surface area contributed by atoms with E-state index in [0.717, 1.165) is 40.6 Å². The number of hydrogen-bond acceptors (Lipinski definition) is 1. The van der Waals surface area contributed by atoms with Gasteiger partial charge in [-0.05, 0) is 55.2 Å². The molecule has 1 nitrogen and oxygen atoms in total. The van der Waals surface area contributed by atoms with Crippen molar-refractivity contribution in [1.82, 2.24) is 0 Å². The summed E-state index contributed by atoms with van der Waals surface area (Å²) in [6.07, 6.45) is 7.53. The van der Waals surface area contributed by atoms with Crippen molar-refractivity contribution < 1.29 is 0 Å². The Morgan fingerprint density at radius 1 is 1.29 bits per heavy atom. The van der Waals surface area contributed by atoms with E-state index in [-0.39, 0.29) is 0 Å². The summed E-state index contributed by atoms with van der Waals surface area (Å²) >= 11 is 6.12. The maximum absolute atomic E-state index is 6.12. The van der Waals surface area contributed by atoms with Crippen LogP contribution in [-0.4, -0.2) is 6.54 Å². The lowest BCUT2D eigenvalue weighted by molar-refractivity contribution is 0.472. The first-order valence-corrected chi connectivity index (χ1v) is 6.78. The van der Waals surface area contributed by atoms with Crippen molar-refractivity contribution in [3.05, 3.63) is 40.9 Å². The van der Waals surface area contributed by atoms with E-state index in [1.165, 1.54) is 12.8 Å². The van der Waals surface area contributed by atoms with Gasteiger partial charge < -0.3 is 5.32 Å². The minimum atomic E-state index is 0.810. The average Bonchev–Trinajstić information content (AvgIpc) is 2.92. The molecule has 1 aromatic carbocycles. The Kier molecular flexibility index (Phi) is 2.87. The second-order valence-electron chi connectivity index (χ2n) is 5.39. The van der Waals surface area contributed by atoms with Crippen molar-refractivity contribution in [2.24, 2.45) is 17.8 Å². The van der Waals surface area contributed by atoms with Crippen LogP contribution in [0.15, 0.2) is 30.4 Å². The molecule has 3 unspecified atom stereocenters. The molecule has 3 rings (SSSR count). The van der Waals surface area contributed by atoms with E-state index >= 15 is 0 Å². The molecule has 1 fully saturated rings. The minimum absolute atomic E-state index is 0.810. The molecule has 0 saturated heterocycles. The first-order chi connectivity index (χ1) is 8.22. The summed E-state index contributed by atoms with van der Waals surface area (Å²) in [5.41, 5.74) is 2.28. The highest BCUT2D eigenvalue weighted by atomic mass is 35.5. The van der Waals surface area contributed by atoms with Crippen LogP contribution in [-0.2, 0) is 0 Å². The zero-order valence-electron chi connectivity index (χ0n) is 10.1. The SMILES string of the molecule is Cc1ccc(NCC2CC3C=CC2C3)cc1Cl. The second kappa shape index (κ2) is 4.38. The van der Waals surface area contributed by atoms with Crippen molar-refractivity contribution in [2.75, 3.05) is 11.9 Å². The summed E-state index contributed by atoms with van der Waals surface area (Å²) in [7, 11) is 0. The predicted octanol–water partition coefficient (Wildman–Crippen LogP) is 4.27. The normalized spacial score (nSPS) is 29.9. The van der Waals surface area contributed by atoms with Gasteiger partial charge in [0.1, 0.15) is 0 Å². The molecule has 17 heavy (non-hydrogen) atoms. The summed E-state index contributed by atoms with van der Waals surface area (Å²) in [6.45, 7) is 3.11. The van der Waals surface area contributed by atoms with E-state index in [0.29, 0.717) is 0 Å². The number of rotatable bonds is 3. The first-order valence-electron chi connectivity index (χ1n) is 6.41. The molecule has 0 spiro atoms. The van der Waals surface area contributed by atoms with E-state index < -0.39 is 0 Å². The van der Waals surface area contributed by atoms with Crippen LogP contribution in [0.5, 0.6) is 0 Å². The summed E-state index contributed by atoms with van der Waals surface area (Å²) in [5, 5.41) is 4.37. The van der Waals surface area contributed by atoms with Gasteiger partial charge in [0.05, 0.1) is 0 Å². The lowest BCUT2D eigenvalue weighted by Gasteiger charge is -2.19. The number of allylic oxidation sites excluding steroid dienone is 2. The molecule has 3 atom stereocenters. The fourth-order valence-corrected chi connectivity index (χ4v) is 3.26. The lowest BCUT2D eigenvalue weighted by atomic mass is 9.93. The number of anilines is 1.